The number of anilines is 2. The molecule has 0 bridgehead atoms. The second-order valence-electron chi connectivity index (χ2n) is 7.02. The van der Waals surface area contributed by atoms with Crippen molar-refractivity contribution in [3.8, 4) is 17.2 Å². The summed E-state index contributed by atoms with van der Waals surface area (Å²) in [7, 11) is 0. The predicted octanol–water partition coefficient (Wildman–Crippen LogP) is 4.12. The van der Waals surface area contributed by atoms with Crippen LogP contribution in [-0.2, 0) is 4.79 Å². The lowest BCUT2D eigenvalue weighted by molar-refractivity contribution is -0.117. The number of benzene rings is 2. The molecule has 26 heavy (non-hydrogen) atoms. The highest BCUT2D eigenvalue weighted by atomic mass is 19.1. The molecule has 1 heterocycles. The summed E-state index contributed by atoms with van der Waals surface area (Å²) in [6, 6.07) is 15.5. The van der Waals surface area contributed by atoms with E-state index in [1.54, 1.807) is 0 Å². The maximum Gasteiger partial charge on any atom is 0.227 e. The Morgan fingerprint density at radius 3 is 2.65 bits per heavy atom. The summed E-state index contributed by atoms with van der Waals surface area (Å²) in [4.78, 5) is 13.9. The minimum atomic E-state index is -0.826. The van der Waals surface area contributed by atoms with Crippen LogP contribution in [0.25, 0.3) is 11.1 Å². The minimum absolute atomic E-state index is 0.0741. The van der Waals surface area contributed by atoms with E-state index in [2.05, 4.69) is 11.4 Å². The van der Waals surface area contributed by atoms with Gasteiger partial charge in [-0.05, 0) is 54.7 Å². The number of carbonyl (C=O) groups is 1. The first-order valence-electron chi connectivity index (χ1n) is 8.98. The minimum Gasteiger partial charge on any atom is -0.367 e. The Morgan fingerprint density at radius 1 is 1.15 bits per heavy atom. The highest BCUT2D eigenvalue weighted by Crippen LogP contribution is 2.32. The van der Waals surface area contributed by atoms with Crippen molar-refractivity contribution in [1.29, 1.82) is 5.26 Å². The van der Waals surface area contributed by atoms with Gasteiger partial charge in [0, 0.05) is 24.7 Å². The molecule has 4 nitrogen and oxygen atoms in total. The van der Waals surface area contributed by atoms with E-state index < -0.39 is 6.17 Å². The van der Waals surface area contributed by atoms with Crippen LogP contribution in [0.5, 0.6) is 0 Å². The third-order valence-corrected chi connectivity index (χ3v) is 5.00. The van der Waals surface area contributed by atoms with Gasteiger partial charge in [-0.2, -0.15) is 5.26 Å². The number of halogens is 1. The van der Waals surface area contributed by atoms with Gasteiger partial charge in [0.1, 0.15) is 12.2 Å². The van der Waals surface area contributed by atoms with Crippen LogP contribution in [0.15, 0.2) is 42.5 Å². The number of nitrogens with one attached hydrogen (secondary N) is 1. The lowest BCUT2D eigenvalue weighted by Crippen LogP contribution is -2.20. The van der Waals surface area contributed by atoms with E-state index >= 15 is 0 Å². The first kappa shape index (κ1) is 16.6. The monoisotopic (exact) mass is 349 g/mol. The van der Waals surface area contributed by atoms with Crippen LogP contribution in [0.3, 0.4) is 0 Å². The molecule has 2 aliphatic rings. The number of carbonyl (C=O) groups excluding carboxylic acids is 1. The fourth-order valence-corrected chi connectivity index (χ4v) is 3.38. The Labute approximate surface area is 152 Å². The number of nitrogens with zero attached hydrogens (tertiary/aromatic N) is 2. The zero-order chi connectivity index (χ0) is 18.1. The summed E-state index contributed by atoms with van der Waals surface area (Å²) in [6.07, 6.45) is 1.62. The van der Waals surface area contributed by atoms with Crippen LogP contribution in [0.2, 0.25) is 0 Å². The predicted molar refractivity (Wildman–Crippen MR) is 99.7 cm³/mol. The lowest BCUT2D eigenvalue weighted by Gasteiger charge is -2.19. The standard InChI is InChI=1S/C21H20FN3O/c22-18-8-9-25(13-18)20-7-6-16(10-17(20)12-23)15-2-1-3-19(11-15)24-21(26)14-4-5-14/h1-3,6-7,10-11,14,18H,4-5,8-9,13H2,(H,24,26)/t18-/m0/s1. The van der Waals surface area contributed by atoms with Gasteiger partial charge in [0.15, 0.2) is 0 Å². The SMILES string of the molecule is N#Cc1cc(-c2cccc(NC(=O)C3CC3)c2)ccc1N1CC[C@H](F)C1. The zero-order valence-corrected chi connectivity index (χ0v) is 14.4. The Hall–Kier alpha value is -2.87. The van der Waals surface area contributed by atoms with Crippen LogP contribution < -0.4 is 10.2 Å². The molecule has 1 atom stereocenters. The third-order valence-electron chi connectivity index (χ3n) is 5.00. The molecule has 0 radical (unpaired) electrons. The second kappa shape index (κ2) is 6.80. The summed E-state index contributed by atoms with van der Waals surface area (Å²) >= 11 is 0. The first-order valence-corrected chi connectivity index (χ1v) is 8.98. The van der Waals surface area contributed by atoms with Gasteiger partial charge in [-0.1, -0.05) is 18.2 Å². The molecule has 0 spiro atoms. The topological polar surface area (TPSA) is 56.1 Å². The van der Waals surface area contributed by atoms with Gasteiger partial charge in [-0.15, -0.1) is 0 Å². The Kier molecular flexibility index (Phi) is 4.34. The summed E-state index contributed by atoms with van der Waals surface area (Å²) in [6.45, 7) is 0.981. The fraction of sp³-hybridized carbons (Fsp3) is 0.333. The summed E-state index contributed by atoms with van der Waals surface area (Å²) < 4.78 is 13.5. The van der Waals surface area contributed by atoms with E-state index in [0.717, 1.165) is 35.3 Å². The van der Waals surface area contributed by atoms with Crippen LogP contribution >= 0.6 is 0 Å². The third kappa shape index (κ3) is 3.41. The number of amides is 1. The molecule has 1 aliphatic heterocycles. The van der Waals surface area contributed by atoms with Crippen LogP contribution in [-0.4, -0.2) is 25.2 Å². The van der Waals surface area contributed by atoms with Gasteiger partial charge < -0.3 is 10.2 Å². The maximum atomic E-state index is 13.5. The maximum absolute atomic E-state index is 13.5. The number of alkyl halides is 1. The van der Waals surface area contributed by atoms with E-state index in [9.17, 15) is 14.4 Å². The van der Waals surface area contributed by atoms with Crippen molar-refractivity contribution in [2.75, 3.05) is 23.3 Å². The zero-order valence-electron chi connectivity index (χ0n) is 14.4. The van der Waals surface area contributed by atoms with Gasteiger partial charge in [-0.25, -0.2) is 4.39 Å². The largest absolute Gasteiger partial charge is 0.367 e. The van der Waals surface area contributed by atoms with Crippen LogP contribution in [0.4, 0.5) is 15.8 Å². The summed E-state index contributed by atoms with van der Waals surface area (Å²) in [5.41, 5.74) is 3.94. The van der Waals surface area contributed by atoms with E-state index in [-0.39, 0.29) is 11.8 Å². The van der Waals surface area contributed by atoms with Gasteiger partial charge in [0.2, 0.25) is 5.91 Å². The van der Waals surface area contributed by atoms with Gasteiger partial charge in [0.25, 0.3) is 0 Å². The average molecular weight is 349 g/mol. The lowest BCUT2D eigenvalue weighted by atomic mass is 10.0. The van der Waals surface area contributed by atoms with E-state index in [4.69, 9.17) is 0 Å². The molecule has 1 aliphatic carbocycles. The Balaban J connectivity index is 1.59. The normalized spacial score (nSPS) is 19.2. The highest BCUT2D eigenvalue weighted by molar-refractivity contribution is 5.94. The van der Waals surface area contributed by atoms with Crippen molar-refractivity contribution < 1.29 is 9.18 Å². The molecular formula is C21H20FN3O. The molecule has 1 N–H and O–H groups in total. The first-order chi connectivity index (χ1) is 12.6. The van der Waals surface area contributed by atoms with Crippen molar-refractivity contribution in [3.63, 3.8) is 0 Å². The molecule has 2 fully saturated rings. The molecule has 5 heteroatoms. The quantitative estimate of drug-likeness (QED) is 0.903. The number of hydrogen-bond donors (Lipinski definition) is 1. The van der Waals surface area contributed by atoms with Crippen molar-refractivity contribution in [2.45, 2.75) is 25.4 Å². The Bertz CT molecular complexity index is 885. The summed E-state index contributed by atoms with van der Waals surface area (Å²) in [5, 5.41) is 12.5. The van der Waals surface area contributed by atoms with E-state index in [0.29, 0.717) is 25.1 Å². The van der Waals surface area contributed by atoms with Crippen LogP contribution in [0.1, 0.15) is 24.8 Å². The molecule has 1 saturated carbocycles. The number of rotatable bonds is 4. The van der Waals surface area contributed by atoms with Gasteiger partial charge in [-0.3, -0.25) is 4.79 Å². The van der Waals surface area contributed by atoms with E-state index in [1.165, 1.54) is 0 Å². The molecule has 1 saturated heterocycles. The smallest absolute Gasteiger partial charge is 0.227 e. The molecule has 2 aromatic rings. The molecule has 1 amide bonds. The number of nitriles is 1. The highest BCUT2D eigenvalue weighted by Gasteiger charge is 2.29. The molecule has 2 aromatic carbocycles. The Morgan fingerprint density at radius 2 is 1.96 bits per heavy atom. The van der Waals surface area contributed by atoms with Gasteiger partial charge >= 0.3 is 0 Å². The van der Waals surface area contributed by atoms with E-state index in [1.807, 2.05) is 47.4 Å². The molecular weight excluding hydrogens is 329 g/mol. The molecule has 0 unspecified atom stereocenters. The van der Waals surface area contributed by atoms with Crippen molar-refractivity contribution >= 4 is 17.3 Å². The summed E-state index contributed by atoms with van der Waals surface area (Å²) in [5.74, 6) is 0.230. The second-order valence-corrected chi connectivity index (χ2v) is 7.02. The van der Waals surface area contributed by atoms with Crippen molar-refractivity contribution in [1.82, 2.24) is 0 Å². The average Bonchev–Trinajstić information content (AvgIpc) is 3.43. The van der Waals surface area contributed by atoms with Crippen molar-refractivity contribution in [3.05, 3.63) is 48.0 Å². The molecule has 132 valence electrons. The fourth-order valence-electron chi connectivity index (χ4n) is 3.38. The van der Waals surface area contributed by atoms with Crippen molar-refractivity contribution in [2.24, 2.45) is 5.92 Å². The number of hydrogen-bond acceptors (Lipinski definition) is 3. The van der Waals surface area contributed by atoms with Crippen LogP contribution in [0, 0.1) is 17.2 Å². The molecule has 0 aromatic heterocycles. The van der Waals surface area contributed by atoms with Gasteiger partial charge in [0.05, 0.1) is 11.3 Å². The molecule has 4 rings (SSSR count).